The SMILES string of the molecule is CCC1=C(O)C2C(C=C1)CN1CCC(CC(C)C)=CC21. The average molecular weight is 273 g/mol. The molecule has 0 aromatic carbocycles. The molecule has 110 valence electrons. The highest BCUT2D eigenvalue weighted by atomic mass is 16.3. The molecule has 0 aromatic heterocycles. The Kier molecular flexibility index (Phi) is 3.76. The first-order valence-corrected chi connectivity index (χ1v) is 8.14. The fraction of sp³-hybridized carbons (Fsp3) is 0.667. The van der Waals surface area contributed by atoms with E-state index in [4.69, 9.17) is 0 Å². The Balaban J connectivity index is 1.87. The number of aliphatic hydroxyl groups excluding tert-OH is 1. The highest BCUT2D eigenvalue weighted by Gasteiger charge is 2.44. The summed E-state index contributed by atoms with van der Waals surface area (Å²) in [7, 11) is 0. The molecule has 0 radical (unpaired) electrons. The van der Waals surface area contributed by atoms with Gasteiger partial charge in [0.2, 0.25) is 0 Å². The van der Waals surface area contributed by atoms with Crippen LogP contribution < -0.4 is 0 Å². The van der Waals surface area contributed by atoms with E-state index >= 15 is 0 Å². The Hall–Kier alpha value is -1.02. The topological polar surface area (TPSA) is 23.5 Å². The van der Waals surface area contributed by atoms with Crippen molar-refractivity contribution >= 4 is 0 Å². The van der Waals surface area contributed by atoms with Crippen molar-refractivity contribution in [2.24, 2.45) is 17.8 Å². The summed E-state index contributed by atoms with van der Waals surface area (Å²) in [6.07, 6.45) is 10.3. The van der Waals surface area contributed by atoms with E-state index in [1.165, 1.54) is 19.4 Å². The molecule has 20 heavy (non-hydrogen) atoms. The third-order valence-electron chi connectivity index (χ3n) is 5.06. The smallest absolute Gasteiger partial charge is 0.101 e. The maximum absolute atomic E-state index is 10.6. The molecule has 3 atom stereocenters. The molecule has 2 heteroatoms. The Morgan fingerprint density at radius 3 is 2.90 bits per heavy atom. The van der Waals surface area contributed by atoms with Crippen molar-refractivity contribution in [3.63, 3.8) is 0 Å². The Labute approximate surface area is 122 Å². The van der Waals surface area contributed by atoms with Crippen LogP contribution in [0.25, 0.3) is 0 Å². The highest BCUT2D eigenvalue weighted by molar-refractivity contribution is 5.34. The van der Waals surface area contributed by atoms with Crippen LogP contribution in [0.5, 0.6) is 0 Å². The van der Waals surface area contributed by atoms with Crippen molar-refractivity contribution in [3.05, 3.63) is 35.1 Å². The van der Waals surface area contributed by atoms with Crippen LogP contribution >= 0.6 is 0 Å². The van der Waals surface area contributed by atoms with Crippen LogP contribution in [0.3, 0.4) is 0 Å². The second-order valence-electron chi connectivity index (χ2n) is 6.97. The summed E-state index contributed by atoms with van der Waals surface area (Å²) in [5.41, 5.74) is 2.74. The van der Waals surface area contributed by atoms with Gasteiger partial charge in [-0.1, -0.05) is 44.6 Å². The molecular formula is C18H27NO. The summed E-state index contributed by atoms with van der Waals surface area (Å²) < 4.78 is 0. The summed E-state index contributed by atoms with van der Waals surface area (Å²) in [4.78, 5) is 2.57. The first-order valence-electron chi connectivity index (χ1n) is 8.14. The fourth-order valence-corrected chi connectivity index (χ4v) is 4.13. The summed E-state index contributed by atoms with van der Waals surface area (Å²) in [6.45, 7) is 8.99. The largest absolute Gasteiger partial charge is 0.512 e. The van der Waals surface area contributed by atoms with Crippen molar-refractivity contribution < 1.29 is 5.11 Å². The lowest BCUT2D eigenvalue weighted by Gasteiger charge is -2.32. The number of fused-ring (bicyclic) bond motifs is 3. The molecule has 3 rings (SSSR count). The van der Waals surface area contributed by atoms with Crippen molar-refractivity contribution in [2.75, 3.05) is 13.1 Å². The lowest BCUT2D eigenvalue weighted by atomic mass is 9.80. The molecule has 3 unspecified atom stereocenters. The molecule has 3 aliphatic rings. The molecule has 0 spiro atoms. The third kappa shape index (κ3) is 2.35. The van der Waals surface area contributed by atoms with Crippen LogP contribution in [0.1, 0.15) is 40.0 Å². The fourth-order valence-electron chi connectivity index (χ4n) is 4.13. The van der Waals surface area contributed by atoms with Gasteiger partial charge < -0.3 is 5.11 Å². The number of allylic oxidation sites excluding steroid dienone is 2. The number of nitrogens with zero attached hydrogens (tertiary/aromatic N) is 1. The zero-order chi connectivity index (χ0) is 14.3. The predicted octanol–water partition coefficient (Wildman–Crippen LogP) is 4.07. The number of hydrogen-bond donors (Lipinski definition) is 1. The second-order valence-corrected chi connectivity index (χ2v) is 6.97. The average Bonchev–Trinajstić information content (AvgIpc) is 2.77. The first-order chi connectivity index (χ1) is 9.60. The van der Waals surface area contributed by atoms with Crippen LogP contribution in [0.15, 0.2) is 35.1 Å². The van der Waals surface area contributed by atoms with E-state index in [0.717, 1.165) is 24.5 Å². The Morgan fingerprint density at radius 1 is 1.40 bits per heavy atom. The summed E-state index contributed by atoms with van der Waals surface area (Å²) >= 11 is 0. The van der Waals surface area contributed by atoms with Crippen molar-refractivity contribution in [1.82, 2.24) is 4.90 Å². The molecule has 1 saturated heterocycles. The highest BCUT2D eigenvalue weighted by Crippen LogP contribution is 2.43. The van der Waals surface area contributed by atoms with Crippen LogP contribution in [-0.2, 0) is 0 Å². The van der Waals surface area contributed by atoms with E-state index in [9.17, 15) is 5.11 Å². The molecule has 1 aliphatic carbocycles. The van der Waals surface area contributed by atoms with Gasteiger partial charge in [-0.3, -0.25) is 4.90 Å². The van der Waals surface area contributed by atoms with Gasteiger partial charge in [-0.15, -0.1) is 0 Å². The van der Waals surface area contributed by atoms with Gasteiger partial charge in [-0.05, 0) is 30.8 Å². The standard InChI is InChI=1S/C18H27NO/c1-4-14-5-6-15-11-19-8-7-13(9-12(2)3)10-16(19)17(15)18(14)20/h5-6,10,12,15-17,20H,4,7-9,11H2,1-3H3. The minimum atomic E-state index is 0.303. The Morgan fingerprint density at radius 2 is 2.20 bits per heavy atom. The van der Waals surface area contributed by atoms with Gasteiger partial charge in [0.1, 0.15) is 5.76 Å². The monoisotopic (exact) mass is 273 g/mol. The predicted molar refractivity (Wildman–Crippen MR) is 83.6 cm³/mol. The molecule has 2 aliphatic heterocycles. The van der Waals surface area contributed by atoms with Crippen LogP contribution in [0.2, 0.25) is 0 Å². The zero-order valence-electron chi connectivity index (χ0n) is 13.0. The molecule has 1 N–H and O–H groups in total. The minimum absolute atomic E-state index is 0.303. The van der Waals surface area contributed by atoms with E-state index in [2.05, 4.69) is 43.9 Å². The van der Waals surface area contributed by atoms with Gasteiger partial charge >= 0.3 is 0 Å². The summed E-state index contributed by atoms with van der Waals surface area (Å²) in [5, 5.41) is 10.6. The third-order valence-corrected chi connectivity index (χ3v) is 5.06. The van der Waals surface area contributed by atoms with E-state index in [1.807, 2.05) is 0 Å². The van der Waals surface area contributed by atoms with E-state index in [0.29, 0.717) is 23.6 Å². The second kappa shape index (κ2) is 5.40. The van der Waals surface area contributed by atoms with Gasteiger partial charge in [0.15, 0.2) is 0 Å². The number of rotatable bonds is 3. The van der Waals surface area contributed by atoms with Gasteiger partial charge in [0, 0.05) is 31.0 Å². The summed E-state index contributed by atoms with van der Waals surface area (Å²) in [5.74, 6) is 2.20. The minimum Gasteiger partial charge on any atom is -0.512 e. The molecular weight excluding hydrogens is 246 g/mol. The van der Waals surface area contributed by atoms with Gasteiger partial charge in [-0.25, -0.2) is 0 Å². The first kappa shape index (κ1) is 13.9. The molecule has 2 nitrogen and oxygen atoms in total. The maximum Gasteiger partial charge on any atom is 0.101 e. The van der Waals surface area contributed by atoms with Crippen molar-refractivity contribution in [2.45, 2.75) is 46.1 Å². The quantitative estimate of drug-likeness (QED) is 0.783. The number of hydrogen-bond acceptors (Lipinski definition) is 2. The van der Waals surface area contributed by atoms with Gasteiger partial charge in [0.25, 0.3) is 0 Å². The Bertz CT molecular complexity index is 472. The zero-order valence-corrected chi connectivity index (χ0v) is 13.0. The molecule has 0 amide bonds. The number of aliphatic hydroxyl groups is 1. The molecule has 2 heterocycles. The van der Waals surface area contributed by atoms with E-state index in [1.54, 1.807) is 5.57 Å². The van der Waals surface area contributed by atoms with Crippen molar-refractivity contribution in [1.29, 1.82) is 0 Å². The van der Waals surface area contributed by atoms with Crippen LogP contribution in [0, 0.1) is 17.8 Å². The van der Waals surface area contributed by atoms with Gasteiger partial charge in [-0.2, -0.15) is 0 Å². The van der Waals surface area contributed by atoms with Gasteiger partial charge in [0.05, 0.1) is 0 Å². The van der Waals surface area contributed by atoms with Crippen molar-refractivity contribution in [3.8, 4) is 0 Å². The maximum atomic E-state index is 10.6. The van der Waals surface area contributed by atoms with E-state index in [-0.39, 0.29) is 0 Å². The normalized spacial score (nSPS) is 33.4. The molecule has 1 fully saturated rings. The lowest BCUT2D eigenvalue weighted by Crippen LogP contribution is -2.36. The molecule has 0 saturated carbocycles. The summed E-state index contributed by atoms with van der Waals surface area (Å²) in [6, 6.07) is 0.425. The van der Waals surface area contributed by atoms with Crippen LogP contribution in [0.4, 0.5) is 0 Å². The van der Waals surface area contributed by atoms with E-state index < -0.39 is 0 Å². The lowest BCUT2D eigenvalue weighted by molar-refractivity contribution is 0.231. The van der Waals surface area contributed by atoms with Crippen LogP contribution in [-0.4, -0.2) is 29.1 Å². The molecule has 0 bridgehead atoms. The molecule has 0 aromatic rings.